The van der Waals surface area contributed by atoms with E-state index in [1.165, 1.54) is 41.4 Å². The lowest BCUT2D eigenvalue weighted by atomic mass is 9.71. The van der Waals surface area contributed by atoms with Crippen LogP contribution in [0.4, 0.5) is 24.5 Å². The molecule has 4 fully saturated rings. The van der Waals surface area contributed by atoms with E-state index in [0.29, 0.717) is 40.5 Å². The van der Waals surface area contributed by atoms with E-state index < -0.39 is 23.5 Å². The predicted octanol–water partition coefficient (Wildman–Crippen LogP) is 7.35. The summed E-state index contributed by atoms with van der Waals surface area (Å²) in [6.07, 6.45) is 5.24. The molecule has 10 rings (SSSR count). The van der Waals surface area contributed by atoms with E-state index in [4.69, 9.17) is 4.74 Å². The van der Waals surface area contributed by atoms with Crippen LogP contribution in [0, 0.1) is 28.8 Å². The monoisotopic (exact) mass is 819 g/mol. The van der Waals surface area contributed by atoms with Crippen LogP contribution in [0.3, 0.4) is 0 Å². The molecule has 0 aliphatic carbocycles. The SMILES string of the molecule is O=C1c2ccc(N3CC4(CCN(CC5CCN(c6ccc([C@@H]7c8ccc(O)cc8OC[C@@H]7c7c(F)cccc7F)cc6F)CC5)CC4)C3)cc2CN1N1C(=O)CCCC1=O. The lowest BCUT2D eigenvalue weighted by Crippen LogP contribution is -2.60. The fourth-order valence-electron chi connectivity index (χ4n) is 10.8. The highest BCUT2D eigenvalue weighted by atomic mass is 19.1. The second-order valence-electron chi connectivity index (χ2n) is 17.7. The number of aromatic hydroxyl groups is 1. The zero-order valence-corrected chi connectivity index (χ0v) is 33.4. The maximum Gasteiger partial charge on any atom is 0.273 e. The maximum atomic E-state index is 16.1. The van der Waals surface area contributed by atoms with E-state index in [1.54, 1.807) is 12.1 Å². The smallest absolute Gasteiger partial charge is 0.273 e. The van der Waals surface area contributed by atoms with Gasteiger partial charge >= 0.3 is 0 Å². The molecule has 6 aliphatic rings. The van der Waals surface area contributed by atoms with Gasteiger partial charge in [-0.15, -0.1) is 0 Å². The minimum Gasteiger partial charge on any atom is -0.508 e. The Morgan fingerprint density at radius 3 is 2.23 bits per heavy atom. The van der Waals surface area contributed by atoms with Crippen molar-refractivity contribution in [1.29, 1.82) is 0 Å². The highest BCUT2D eigenvalue weighted by Gasteiger charge is 2.46. The topological polar surface area (TPSA) is 96.9 Å². The number of amides is 3. The maximum absolute atomic E-state index is 16.1. The largest absolute Gasteiger partial charge is 0.508 e. The van der Waals surface area contributed by atoms with Gasteiger partial charge in [0, 0.05) is 91.3 Å². The first-order valence-electron chi connectivity index (χ1n) is 21.3. The van der Waals surface area contributed by atoms with E-state index >= 15 is 13.2 Å². The molecule has 6 heterocycles. The molecule has 4 aromatic rings. The fourth-order valence-corrected chi connectivity index (χ4v) is 10.8. The number of anilines is 2. The third-order valence-corrected chi connectivity index (χ3v) is 14.0. The number of piperidine rings is 3. The number of hydrogen-bond acceptors (Lipinski definition) is 8. The standard InChI is InChI=1S/C47H48F3N5O5/c48-37-3-1-4-38(49)45(37)36-26-60-41-23-33(56)9-11-35(41)44(36)30-7-12-40(39(50)22-30)52-17-13-29(14-18-52)24-51-19-15-47(16-20-51)27-53(28-47)32-8-10-34-31(21-32)25-54(46(34)59)55-42(57)5-2-6-43(55)58/h1,3-4,7-12,21-23,29,36,44,56H,2,5-6,13-20,24-28H2/t36-,44+/m0/s1. The molecule has 0 radical (unpaired) electrons. The molecular weight excluding hydrogens is 772 g/mol. The summed E-state index contributed by atoms with van der Waals surface area (Å²) in [4.78, 5) is 45.2. The Morgan fingerprint density at radius 1 is 0.783 bits per heavy atom. The summed E-state index contributed by atoms with van der Waals surface area (Å²) in [5.41, 5.74) is 4.40. The number of imide groups is 1. The van der Waals surface area contributed by atoms with Crippen LogP contribution in [0.2, 0.25) is 0 Å². The number of phenols is 1. The molecule has 312 valence electrons. The quantitative estimate of drug-likeness (QED) is 0.194. The lowest BCUT2D eigenvalue weighted by Gasteiger charge is -2.55. The van der Waals surface area contributed by atoms with E-state index in [1.807, 2.05) is 24.3 Å². The Morgan fingerprint density at radius 2 is 1.52 bits per heavy atom. The average molecular weight is 820 g/mol. The molecule has 60 heavy (non-hydrogen) atoms. The molecule has 1 spiro atoms. The van der Waals surface area contributed by atoms with Crippen molar-refractivity contribution in [2.24, 2.45) is 11.3 Å². The number of hydrazine groups is 1. The molecule has 0 aromatic heterocycles. The second-order valence-corrected chi connectivity index (χ2v) is 17.7. The van der Waals surface area contributed by atoms with Crippen molar-refractivity contribution in [3.05, 3.63) is 118 Å². The van der Waals surface area contributed by atoms with Gasteiger partial charge in [0.1, 0.15) is 29.0 Å². The summed E-state index contributed by atoms with van der Waals surface area (Å²) in [6.45, 7) is 6.73. The number of carbonyl (C=O) groups is 3. The molecule has 4 saturated heterocycles. The predicted molar refractivity (Wildman–Crippen MR) is 218 cm³/mol. The van der Waals surface area contributed by atoms with Crippen LogP contribution in [0.15, 0.2) is 72.8 Å². The van der Waals surface area contributed by atoms with Gasteiger partial charge in [0.25, 0.3) is 5.91 Å². The highest BCUT2D eigenvalue weighted by molar-refractivity contribution is 6.04. The molecule has 4 aromatic carbocycles. The molecule has 3 amide bonds. The van der Waals surface area contributed by atoms with Crippen LogP contribution >= 0.6 is 0 Å². The van der Waals surface area contributed by atoms with Gasteiger partial charge in [0.05, 0.1) is 18.8 Å². The number of ether oxygens (including phenoxy) is 1. The van der Waals surface area contributed by atoms with E-state index in [0.717, 1.165) is 87.8 Å². The zero-order chi connectivity index (χ0) is 41.3. The van der Waals surface area contributed by atoms with Crippen molar-refractivity contribution in [1.82, 2.24) is 14.9 Å². The third-order valence-electron chi connectivity index (χ3n) is 14.0. The summed E-state index contributed by atoms with van der Waals surface area (Å²) >= 11 is 0. The van der Waals surface area contributed by atoms with Gasteiger partial charge in [-0.3, -0.25) is 14.4 Å². The molecule has 0 unspecified atom stereocenters. The van der Waals surface area contributed by atoms with Crippen LogP contribution in [-0.2, 0) is 16.1 Å². The van der Waals surface area contributed by atoms with Crippen LogP contribution in [0.25, 0.3) is 0 Å². The number of likely N-dealkylation sites (tertiary alicyclic amines) is 1. The Balaban J connectivity index is 0.731. The molecular formula is C47H48F3N5O5. The van der Waals surface area contributed by atoms with Crippen LogP contribution in [0.1, 0.15) is 89.4 Å². The Labute approximate surface area is 347 Å². The second kappa shape index (κ2) is 15.2. The van der Waals surface area contributed by atoms with Crippen LogP contribution in [-0.4, -0.2) is 90.2 Å². The lowest BCUT2D eigenvalue weighted by molar-refractivity contribution is -0.163. The number of carbonyl (C=O) groups excluding carboxylic acids is 3. The Hall–Kier alpha value is -5.56. The molecule has 10 nitrogen and oxygen atoms in total. The van der Waals surface area contributed by atoms with Gasteiger partial charge in [-0.25, -0.2) is 18.2 Å². The summed E-state index contributed by atoms with van der Waals surface area (Å²) < 4.78 is 52.2. The summed E-state index contributed by atoms with van der Waals surface area (Å²) in [5.74, 6) is -3.03. The first-order valence-corrected chi connectivity index (χ1v) is 21.3. The first-order chi connectivity index (χ1) is 29.0. The minimum atomic E-state index is -0.740. The number of hydrogen-bond donors (Lipinski definition) is 1. The Kier molecular flexibility index (Phi) is 9.76. The molecule has 0 bridgehead atoms. The molecule has 1 N–H and O–H groups in total. The van der Waals surface area contributed by atoms with Crippen molar-refractivity contribution in [2.45, 2.75) is 63.3 Å². The average Bonchev–Trinajstić information content (AvgIpc) is 3.54. The highest BCUT2D eigenvalue weighted by Crippen LogP contribution is 2.49. The number of fused-ring (bicyclic) bond motifs is 2. The molecule has 0 saturated carbocycles. The van der Waals surface area contributed by atoms with Gasteiger partial charge in [0.2, 0.25) is 11.8 Å². The third kappa shape index (κ3) is 6.84. The first kappa shape index (κ1) is 38.6. The Bertz CT molecular complexity index is 2330. The van der Waals surface area contributed by atoms with E-state index in [9.17, 15) is 19.5 Å². The molecule has 13 heteroatoms. The number of benzene rings is 4. The fraction of sp³-hybridized carbons (Fsp3) is 0.426. The van der Waals surface area contributed by atoms with Crippen LogP contribution in [0.5, 0.6) is 11.5 Å². The van der Waals surface area contributed by atoms with Crippen molar-refractivity contribution in [2.75, 3.05) is 62.2 Å². The van der Waals surface area contributed by atoms with Gasteiger partial charge in [-0.2, -0.15) is 5.01 Å². The number of nitrogens with zero attached hydrogens (tertiary/aromatic N) is 5. The normalized spacial score (nSPS) is 23.1. The molecule has 2 atom stereocenters. The van der Waals surface area contributed by atoms with Crippen molar-refractivity contribution >= 4 is 29.1 Å². The number of phenolic OH excluding ortho intramolecular Hbond substituents is 1. The van der Waals surface area contributed by atoms with Crippen LogP contribution < -0.4 is 14.5 Å². The molecule has 6 aliphatic heterocycles. The van der Waals surface area contributed by atoms with Gasteiger partial charge in [-0.1, -0.05) is 18.2 Å². The van der Waals surface area contributed by atoms with E-state index in [2.05, 4.69) is 14.7 Å². The summed E-state index contributed by atoms with van der Waals surface area (Å²) in [5, 5.41) is 12.5. The number of halogens is 3. The summed E-state index contributed by atoms with van der Waals surface area (Å²) in [7, 11) is 0. The zero-order valence-electron chi connectivity index (χ0n) is 33.4. The van der Waals surface area contributed by atoms with Crippen molar-refractivity contribution < 1.29 is 37.4 Å². The van der Waals surface area contributed by atoms with Crippen molar-refractivity contribution in [3.8, 4) is 11.5 Å². The van der Waals surface area contributed by atoms with E-state index in [-0.39, 0.29) is 66.3 Å². The minimum absolute atomic E-state index is 0.0127. The van der Waals surface area contributed by atoms with Gasteiger partial charge in [0.15, 0.2) is 0 Å². The van der Waals surface area contributed by atoms with Gasteiger partial charge in [-0.05, 0) is 111 Å². The number of rotatable bonds is 7. The van der Waals surface area contributed by atoms with Gasteiger partial charge < -0.3 is 24.5 Å². The van der Waals surface area contributed by atoms with Crippen molar-refractivity contribution in [3.63, 3.8) is 0 Å². The summed E-state index contributed by atoms with van der Waals surface area (Å²) in [6, 6.07) is 19.5.